The van der Waals surface area contributed by atoms with Crippen LogP contribution in [0.2, 0.25) is 5.02 Å². The summed E-state index contributed by atoms with van der Waals surface area (Å²) in [6.45, 7) is 8.11. The van der Waals surface area contributed by atoms with Crippen LogP contribution in [-0.4, -0.2) is 71.8 Å². The SMILES string of the molecule is CC(=O)NCCOCCOCCNC(=O)c1sc2c(c1C)C(c1ccc(Cl)cc1)=NCc1nnc(C)n1-2. The molecule has 0 fully saturated rings. The third-order valence-corrected chi connectivity index (χ3v) is 7.21. The molecule has 3 aromatic rings. The van der Waals surface area contributed by atoms with Crippen molar-refractivity contribution in [2.45, 2.75) is 27.3 Å². The quantitative estimate of drug-likeness (QED) is 0.358. The summed E-state index contributed by atoms with van der Waals surface area (Å²) in [5, 5.41) is 15.6. The normalized spacial score (nSPS) is 12.4. The maximum atomic E-state index is 13.1. The zero-order valence-electron chi connectivity index (χ0n) is 21.0. The number of halogens is 1. The fourth-order valence-electron chi connectivity index (χ4n) is 3.93. The van der Waals surface area contributed by atoms with E-state index in [-0.39, 0.29) is 11.8 Å². The summed E-state index contributed by atoms with van der Waals surface area (Å²) in [5.41, 5.74) is 3.46. The fraction of sp³-hybridized carbons (Fsp3) is 0.400. The van der Waals surface area contributed by atoms with Gasteiger partial charge in [-0.15, -0.1) is 21.5 Å². The second-order valence-electron chi connectivity index (χ2n) is 8.37. The molecule has 0 radical (unpaired) electrons. The van der Waals surface area contributed by atoms with Crippen LogP contribution < -0.4 is 10.6 Å². The van der Waals surface area contributed by atoms with Crippen LogP contribution in [0.15, 0.2) is 29.3 Å². The number of rotatable bonds is 11. The highest BCUT2D eigenvalue weighted by atomic mass is 35.5. The molecule has 10 nitrogen and oxygen atoms in total. The average Bonchev–Trinajstić information content (AvgIpc) is 3.34. The predicted octanol–water partition coefficient (Wildman–Crippen LogP) is 2.85. The molecule has 0 saturated heterocycles. The van der Waals surface area contributed by atoms with Crippen LogP contribution >= 0.6 is 22.9 Å². The van der Waals surface area contributed by atoms with Gasteiger partial charge in [0.05, 0.1) is 37.0 Å². The Morgan fingerprint density at radius 3 is 2.38 bits per heavy atom. The van der Waals surface area contributed by atoms with E-state index in [1.54, 1.807) is 0 Å². The number of fused-ring (bicyclic) bond motifs is 3. The molecular formula is C25H29ClN6O4S. The maximum Gasteiger partial charge on any atom is 0.261 e. The number of thiophene rings is 1. The fourth-order valence-corrected chi connectivity index (χ4v) is 5.35. The highest BCUT2D eigenvalue weighted by Gasteiger charge is 2.29. The molecule has 0 unspecified atom stereocenters. The molecular weight excluding hydrogens is 516 g/mol. The third kappa shape index (κ3) is 6.42. The highest BCUT2D eigenvalue weighted by molar-refractivity contribution is 7.17. The average molecular weight is 545 g/mol. The van der Waals surface area contributed by atoms with Crippen LogP contribution in [0.3, 0.4) is 0 Å². The van der Waals surface area contributed by atoms with Gasteiger partial charge in [0.25, 0.3) is 5.91 Å². The third-order valence-electron chi connectivity index (χ3n) is 5.69. The molecule has 37 heavy (non-hydrogen) atoms. The summed E-state index contributed by atoms with van der Waals surface area (Å²) in [4.78, 5) is 29.4. The Bertz CT molecular complexity index is 1300. The van der Waals surface area contributed by atoms with Crippen molar-refractivity contribution in [2.75, 3.05) is 39.5 Å². The molecule has 0 spiro atoms. The van der Waals surface area contributed by atoms with Crippen molar-refractivity contribution in [1.82, 2.24) is 25.4 Å². The topological polar surface area (TPSA) is 120 Å². The first-order valence-electron chi connectivity index (χ1n) is 11.9. The number of aliphatic imine (C=N–C) groups is 1. The Morgan fingerprint density at radius 1 is 1.03 bits per heavy atom. The summed E-state index contributed by atoms with van der Waals surface area (Å²) >= 11 is 7.51. The van der Waals surface area contributed by atoms with Crippen molar-refractivity contribution >= 4 is 40.5 Å². The van der Waals surface area contributed by atoms with Crippen LogP contribution in [0.1, 0.15) is 44.9 Å². The van der Waals surface area contributed by atoms with Gasteiger partial charge in [0.2, 0.25) is 5.91 Å². The molecule has 0 aliphatic carbocycles. The summed E-state index contributed by atoms with van der Waals surface area (Å²) < 4.78 is 12.9. The zero-order chi connectivity index (χ0) is 26.4. The van der Waals surface area contributed by atoms with Crippen LogP contribution in [0, 0.1) is 13.8 Å². The molecule has 1 aromatic carbocycles. The first kappa shape index (κ1) is 26.9. The van der Waals surface area contributed by atoms with E-state index < -0.39 is 0 Å². The van der Waals surface area contributed by atoms with E-state index in [4.69, 9.17) is 26.1 Å². The van der Waals surface area contributed by atoms with Gasteiger partial charge < -0.3 is 20.1 Å². The Balaban J connectivity index is 1.42. The van der Waals surface area contributed by atoms with E-state index in [2.05, 4.69) is 20.8 Å². The van der Waals surface area contributed by atoms with Gasteiger partial charge in [0.15, 0.2) is 5.82 Å². The second-order valence-corrected chi connectivity index (χ2v) is 9.81. The smallest absolute Gasteiger partial charge is 0.261 e. The molecule has 0 atom stereocenters. The maximum absolute atomic E-state index is 13.1. The molecule has 4 rings (SSSR count). The second kappa shape index (κ2) is 12.4. The molecule has 2 aromatic heterocycles. The number of nitrogens with one attached hydrogen (secondary N) is 2. The Kier molecular flexibility index (Phi) is 9.04. The van der Waals surface area contributed by atoms with Crippen molar-refractivity contribution in [3.8, 4) is 5.00 Å². The van der Waals surface area contributed by atoms with E-state index in [0.29, 0.717) is 56.0 Å². The van der Waals surface area contributed by atoms with Crippen LogP contribution in [0.4, 0.5) is 0 Å². The lowest BCUT2D eigenvalue weighted by atomic mass is 9.99. The minimum absolute atomic E-state index is 0.0845. The van der Waals surface area contributed by atoms with Gasteiger partial charge >= 0.3 is 0 Å². The zero-order valence-corrected chi connectivity index (χ0v) is 22.5. The number of carbonyl (C=O) groups is 2. The van der Waals surface area contributed by atoms with Crippen molar-refractivity contribution in [1.29, 1.82) is 0 Å². The van der Waals surface area contributed by atoms with Gasteiger partial charge in [0, 0.05) is 36.2 Å². The number of ether oxygens (including phenoxy) is 2. The molecule has 2 amide bonds. The van der Waals surface area contributed by atoms with Gasteiger partial charge in [-0.25, -0.2) is 0 Å². The number of benzene rings is 1. The Hall–Kier alpha value is -3.12. The summed E-state index contributed by atoms with van der Waals surface area (Å²) in [7, 11) is 0. The Morgan fingerprint density at radius 2 is 1.70 bits per heavy atom. The van der Waals surface area contributed by atoms with Crippen molar-refractivity contribution in [3.05, 3.63) is 62.5 Å². The molecule has 0 saturated carbocycles. The number of carbonyl (C=O) groups excluding carboxylic acids is 2. The largest absolute Gasteiger partial charge is 0.377 e. The van der Waals surface area contributed by atoms with Crippen LogP contribution in [0.25, 0.3) is 5.00 Å². The van der Waals surface area contributed by atoms with Crippen molar-refractivity contribution < 1.29 is 19.1 Å². The number of nitrogens with zero attached hydrogens (tertiary/aromatic N) is 4. The number of hydrogen-bond donors (Lipinski definition) is 2. The van der Waals surface area contributed by atoms with E-state index in [0.717, 1.165) is 39.1 Å². The summed E-state index contributed by atoms with van der Waals surface area (Å²) in [6, 6.07) is 7.53. The van der Waals surface area contributed by atoms with Gasteiger partial charge in [-0.1, -0.05) is 23.7 Å². The lowest BCUT2D eigenvalue weighted by Gasteiger charge is -2.09. The first-order chi connectivity index (χ1) is 17.9. The van der Waals surface area contributed by atoms with E-state index >= 15 is 0 Å². The molecule has 0 bridgehead atoms. The molecule has 196 valence electrons. The monoisotopic (exact) mass is 544 g/mol. The van der Waals surface area contributed by atoms with Crippen LogP contribution in [0.5, 0.6) is 0 Å². The van der Waals surface area contributed by atoms with Gasteiger partial charge in [0.1, 0.15) is 17.4 Å². The number of aromatic nitrogens is 3. The van der Waals surface area contributed by atoms with E-state index in [1.165, 1.54) is 18.3 Å². The molecule has 1 aliphatic rings. The number of hydrogen-bond acceptors (Lipinski definition) is 8. The van der Waals surface area contributed by atoms with Gasteiger partial charge in [-0.2, -0.15) is 0 Å². The lowest BCUT2D eigenvalue weighted by molar-refractivity contribution is -0.119. The predicted molar refractivity (Wildman–Crippen MR) is 142 cm³/mol. The van der Waals surface area contributed by atoms with Gasteiger partial charge in [-0.3, -0.25) is 19.1 Å². The highest BCUT2D eigenvalue weighted by Crippen LogP contribution is 2.36. The van der Waals surface area contributed by atoms with E-state index in [1.807, 2.05) is 42.7 Å². The lowest BCUT2D eigenvalue weighted by Crippen LogP contribution is -2.28. The van der Waals surface area contributed by atoms with E-state index in [9.17, 15) is 9.59 Å². The van der Waals surface area contributed by atoms with Crippen molar-refractivity contribution in [2.24, 2.45) is 4.99 Å². The summed E-state index contributed by atoms with van der Waals surface area (Å²) in [5.74, 6) is 1.21. The van der Waals surface area contributed by atoms with Gasteiger partial charge in [-0.05, 0) is 31.5 Å². The Labute approximate surface area is 224 Å². The first-order valence-corrected chi connectivity index (χ1v) is 13.1. The summed E-state index contributed by atoms with van der Waals surface area (Å²) in [6.07, 6.45) is 0. The molecule has 3 heterocycles. The standard InChI is InChI=1S/C25H29ClN6O4S/c1-15-21-22(18-4-6-19(26)7-5-18)29-14-20-31-30-16(2)32(20)25(21)37-23(15)24(34)28-9-11-36-13-12-35-10-8-27-17(3)33/h4-7H,8-14H2,1-3H3,(H,27,33)(H,28,34). The van der Waals surface area contributed by atoms with Crippen molar-refractivity contribution in [3.63, 3.8) is 0 Å². The van der Waals surface area contributed by atoms with Crippen LogP contribution in [-0.2, 0) is 20.8 Å². The molecule has 12 heteroatoms. The minimum Gasteiger partial charge on any atom is -0.377 e. The number of aryl methyl sites for hydroxylation is 1. The molecule has 2 N–H and O–H groups in total. The number of amides is 2. The minimum atomic E-state index is -0.173. The molecule has 1 aliphatic heterocycles.